The van der Waals surface area contributed by atoms with Gasteiger partial charge in [0.15, 0.2) is 4.80 Å². The van der Waals surface area contributed by atoms with Gasteiger partial charge in [0.25, 0.3) is 11.5 Å². The van der Waals surface area contributed by atoms with E-state index in [0.717, 1.165) is 22.4 Å². The van der Waals surface area contributed by atoms with Crippen LogP contribution < -0.4 is 19.8 Å². The molecule has 8 heteroatoms. The largest absolute Gasteiger partial charge is 0.463 e. The number of amides is 1. The lowest BCUT2D eigenvalue weighted by Gasteiger charge is -2.24. The van der Waals surface area contributed by atoms with Gasteiger partial charge in [-0.3, -0.25) is 14.2 Å². The number of carbonyl (C=O) groups is 2. The van der Waals surface area contributed by atoms with E-state index in [-0.39, 0.29) is 18.1 Å². The Labute approximate surface area is 206 Å². The van der Waals surface area contributed by atoms with Crippen molar-refractivity contribution in [2.24, 2.45) is 4.99 Å². The smallest absolute Gasteiger partial charge is 0.338 e. The second-order valence-corrected chi connectivity index (χ2v) is 9.45. The summed E-state index contributed by atoms with van der Waals surface area (Å²) in [5.74, 6) is -0.705. The van der Waals surface area contributed by atoms with Crippen LogP contribution in [0, 0.1) is 6.92 Å². The number of ether oxygens (including phenoxy) is 1. The van der Waals surface area contributed by atoms with E-state index >= 15 is 0 Å². The van der Waals surface area contributed by atoms with Gasteiger partial charge in [-0.2, -0.15) is 0 Å². The molecule has 5 rings (SSSR count). The van der Waals surface area contributed by atoms with Crippen LogP contribution in [0.4, 0.5) is 5.69 Å². The highest BCUT2D eigenvalue weighted by Gasteiger charge is 2.36. The molecule has 35 heavy (non-hydrogen) atoms. The van der Waals surface area contributed by atoms with Crippen LogP contribution in [-0.2, 0) is 14.3 Å². The van der Waals surface area contributed by atoms with Crippen LogP contribution >= 0.6 is 11.3 Å². The summed E-state index contributed by atoms with van der Waals surface area (Å²) < 4.78 is 7.20. The molecule has 2 aliphatic rings. The Morgan fingerprint density at radius 1 is 1.06 bits per heavy atom. The van der Waals surface area contributed by atoms with Gasteiger partial charge in [-0.05, 0) is 39.3 Å². The number of aryl methyl sites for hydroxylation is 1. The Balaban J connectivity index is 1.83. The third-order valence-corrected chi connectivity index (χ3v) is 7.41. The highest BCUT2D eigenvalue weighted by atomic mass is 32.1. The molecule has 0 bridgehead atoms. The van der Waals surface area contributed by atoms with Crippen LogP contribution in [0.15, 0.2) is 69.6 Å². The number of esters is 1. The number of hydrogen-bond donors (Lipinski definition) is 0. The maximum atomic E-state index is 14.0. The first-order valence-corrected chi connectivity index (χ1v) is 12.4. The fourth-order valence-electron chi connectivity index (χ4n) is 4.72. The summed E-state index contributed by atoms with van der Waals surface area (Å²) in [6, 6.07) is 14.5. The van der Waals surface area contributed by atoms with Crippen molar-refractivity contribution in [3.05, 3.63) is 96.2 Å². The van der Waals surface area contributed by atoms with Gasteiger partial charge >= 0.3 is 5.97 Å². The molecule has 0 N–H and O–H groups in total. The number of carbonyl (C=O) groups excluding carboxylic acids is 2. The molecule has 2 aliphatic heterocycles. The van der Waals surface area contributed by atoms with Gasteiger partial charge in [-0.25, -0.2) is 9.79 Å². The van der Waals surface area contributed by atoms with E-state index in [4.69, 9.17) is 4.74 Å². The van der Waals surface area contributed by atoms with E-state index < -0.39 is 12.0 Å². The number of likely N-dealkylation sites (N-methyl/N-ethyl adjacent to an activating group) is 1. The van der Waals surface area contributed by atoms with Crippen LogP contribution in [0.25, 0.3) is 5.57 Å². The number of aromatic nitrogens is 1. The first kappa shape index (κ1) is 23.0. The number of hydrogen-bond acceptors (Lipinski definition) is 6. The summed E-state index contributed by atoms with van der Waals surface area (Å²) in [4.78, 5) is 47.2. The molecular weight excluding hydrogens is 462 g/mol. The summed E-state index contributed by atoms with van der Waals surface area (Å²) in [5, 5.41) is 0. The van der Waals surface area contributed by atoms with Gasteiger partial charge in [-0.1, -0.05) is 59.4 Å². The molecule has 3 heterocycles. The SMILES string of the molecule is CCOC(=O)C1=C(C)N=c2s/c(=C3\C(=O)N(CC)c4ccccc43)c(=O)n2C1c1ccc(C)cc1. The highest BCUT2D eigenvalue weighted by Crippen LogP contribution is 2.35. The lowest BCUT2D eigenvalue weighted by Crippen LogP contribution is -2.41. The fourth-order valence-corrected chi connectivity index (χ4v) is 5.86. The minimum Gasteiger partial charge on any atom is -0.463 e. The Bertz CT molecular complexity index is 1580. The van der Waals surface area contributed by atoms with Crippen molar-refractivity contribution in [2.45, 2.75) is 33.7 Å². The van der Waals surface area contributed by atoms with Crippen LogP contribution in [0.5, 0.6) is 0 Å². The normalized spacial score (nSPS) is 18.3. The summed E-state index contributed by atoms with van der Waals surface area (Å²) >= 11 is 1.18. The Kier molecular flexibility index (Phi) is 5.76. The number of para-hydroxylation sites is 1. The van der Waals surface area contributed by atoms with Gasteiger partial charge in [0, 0.05) is 12.1 Å². The number of allylic oxidation sites excluding steroid dienone is 1. The molecule has 0 radical (unpaired) electrons. The Hall–Kier alpha value is -3.78. The lowest BCUT2D eigenvalue weighted by atomic mass is 9.95. The number of thiazole rings is 1. The summed E-state index contributed by atoms with van der Waals surface area (Å²) in [6.07, 6.45) is 0. The predicted molar refractivity (Wildman–Crippen MR) is 135 cm³/mol. The van der Waals surface area contributed by atoms with Crippen molar-refractivity contribution in [3.63, 3.8) is 0 Å². The number of rotatable bonds is 4. The van der Waals surface area contributed by atoms with E-state index in [9.17, 15) is 14.4 Å². The van der Waals surface area contributed by atoms with Crippen molar-refractivity contribution >= 4 is 34.5 Å². The molecule has 0 fully saturated rings. The van der Waals surface area contributed by atoms with Gasteiger partial charge in [0.2, 0.25) is 0 Å². The fraction of sp³-hybridized carbons (Fsp3) is 0.259. The molecule has 0 aliphatic carbocycles. The number of nitrogens with zero attached hydrogens (tertiary/aromatic N) is 3. The molecule has 2 aromatic carbocycles. The minimum absolute atomic E-state index is 0.202. The summed E-state index contributed by atoms with van der Waals surface area (Å²) in [6.45, 7) is 8.09. The van der Waals surface area contributed by atoms with E-state index in [0.29, 0.717) is 32.7 Å². The first-order chi connectivity index (χ1) is 16.9. The third-order valence-electron chi connectivity index (χ3n) is 6.35. The molecule has 1 atom stereocenters. The zero-order chi connectivity index (χ0) is 24.9. The van der Waals surface area contributed by atoms with Crippen molar-refractivity contribution in [2.75, 3.05) is 18.1 Å². The molecule has 1 amide bonds. The molecule has 1 unspecified atom stereocenters. The van der Waals surface area contributed by atoms with Crippen molar-refractivity contribution < 1.29 is 14.3 Å². The van der Waals surface area contributed by atoms with Crippen LogP contribution in [0.3, 0.4) is 0 Å². The molecule has 178 valence electrons. The third kappa shape index (κ3) is 3.56. The van der Waals surface area contributed by atoms with E-state index in [1.54, 1.807) is 18.7 Å². The number of benzene rings is 2. The van der Waals surface area contributed by atoms with Gasteiger partial charge in [-0.15, -0.1) is 0 Å². The first-order valence-electron chi connectivity index (χ1n) is 11.6. The van der Waals surface area contributed by atoms with E-state index in [1.807, 2.05) is 62.4 Å². The zero-order valence-electron chi connectivity index (χ0n) is 20.0. The van der Waals surface area contributed by atoms with Gasteiger partial charge in [0.1, 0.15) is 4.53 Å². The van der Waals surface area contributed by atoms with E-state index in [2.05, 4.69) is 4.99 Å². The highest BCUT2D eigenvalue weighted by molar-refractivity contribution is 7.07. The molecule has 1 aromatic heterocycles. The number of anilines is 1. The van der Waals surface area contributed by atoms with Crippen LogP contribution in [0.1, 0.15) is 43.5 Å². The van der Waals surface area contributed by atoms with Gasteiger partial charge < -0.3 is 9.64 Å². The molecule has 7 nitrogen and oxygen atoms in total. The number of fused-ring (bicyclic) bond motifs is 2. The van der Waals surface area contributed by atoms with E-state index in [1.165, 1.54) is 15.9 Å². The molecule has 3 aromatic rings. The quantitative estimate of drug-likeness (QED) is 0.530. The second kappa shape index (κ2) is 8.78. The van der Waals surface area contributed by atoms with Gasteiger partial charge in [0.05, 0.1) is 35.2 Å². The van der Waals surface area contributed by atoms with Crippen molar-refractivity contribution in [1.82, 2.24) is 4.57 Å². The summed E-state index contributed by atoms with van der Waals surface area (Å²) in [5.41, 5.74) is 4.23. The predicted octanol–water partition coefficient (Wildman–Crippen LogP) is 2.84. The van der Waals surface area contributed by atoms with Crippen LogP contribution in [0.2, 0.25) is 0 Å². The minimum atomic E-state index is -0.700. The molecular formula is C27H25N3O4S. The Morgan fingerprint density at radius 3 is 2.46 bits per heavy atom. The maximum absolute atomic E-state index is 14.0. The lowest BCUT2D eigenvalue weighted by molar-refractivity contribution is -0.139. The average molecular weight is 488 g/mol. The summed E-state index contributed by atoms with van der Waals surface area (Å²) in [7, 11) is 0. The topological polar surface area (TPSA) is 81.0 Å². The maximum Gasteiger partial charge on any atom is 0.338 e. The zero-order valence-corrected chi connectivity index (χ0v) is 20.8. The monoisotopic (exact) mass is 487 g/mol. The molecule has 0 spiro atoms. The molecule has 0 saturated heterocycles. The van der Waals surface area contributed by atoms with Crippen molar-refractivity contribution in [1.29, 1.82) is 0 Å². The average Bonchev–Trinajstić information content (AvgIpc) is 3.31. The molecule has 0 saturated carbocycles. The van der Waals surface area contributed by atoms with Crippen molar-refractivity contribution in [3.8, 4) is 0 Å². The second-order valence-electron chi connectivity index (χ2n) is 8.48. The Morgan fingerprint density at radius 2 is 1.77 bits per heavy atom. The standard InChI is InChI=1S/C27H25N3O4S/c1-5-29-19-10-8-7-9-18(19)21(24(29)31)23-25(32)30-22(17-13-11-15(3)12-14-17)20(26(33)34-6-2)16(4)28-27(30)35-23/h7-14,22H,5-6H2,1-4H3/b23-21-. The van der Waals surface area contributed by atoms with Crippen LogP contribution in [-0.4, -0.2) is 29.6 Å².